The molecule has 0 unspecified atom stereocenters. The first-order valence-corrected chi connectivity index (χ1v) is 50.3. The van der Waals surface area contributed by atoms with Gasteiger partial charge in [0.15, 0.2) is 0 Å². The molecule has 726 valence electrons. The topological polar surface area (TPSA) is 381 Å². The van der Waals surface area contributed by atoms with Crippen molar-refractivity contribution in [2.75, 3.05) is 132 Å². The number of pyridine rings is 1. The average Bonchev–Trinajstić information content (AvgIpc) is 1.77. The predicted molar refractivity (Wildman–Crippen MR) is 550 cm³/mol. The molecular weight excluding hydrogens is 1830 g/mol. The van der Waals surface area contributed by atoms with E-state index >= 15 is 0 Å². The highest BCUT2D eigenvalue weighted by Gasteiger charge is 2.29. The Balaban J connectivity index is 0.000000159. The number of benzene rings is 11. The van der Waals surface area contributed by atoms with E-state index in [1.54, 1.807) is 148 Å². The third kappa shape index (κ3) is 26.7. The van der Waals surface area contributed by atoms with Crippen LogP contribution in [0.2, 0.25) is 0 Å². The quantitative estimate of drug-likeness (QED) is 0.0202. The molecular formula is C105H114N18O14S3. The normalized spacial score (nSPS) is 13.3. The minimum absolute atomic E-state index is 0.0993. The average molecular weight is 1950 g/mol. The zero-order valence-corrected chi connectivity index (χ0v) is 81.7. The van der Waals surface area contributed by atoms with E-state index in [4.69, 9.17) is 39.0 Å². The van der Waals surface area contributed by atoms with Crippen molar-refractivity contribution in [1.29, 1.82) is 0 Å². The largest absolute Gasteiger partial charge is 0.493 e. The predicted octanol–water partition coefficient (Wildman–Crippen LogP) is 19.6. The minimum Gasteiger partial charge on any atom is -0.493 e. The van der Waals surface area contributed by atoms with Crippen molar-refractivity contribution in [3.63, 3.8) is 0 Å². The van der Waals surface area contributed by atoms with E-state index in [1.807, 2.05) is 196 Å². The molecule has 0 bridgehead atoms. The van der Waals surface area contributed by atoms with Gasteiger partial charge in [-0.3, -0.25) is 44.9 Å². The van der Waals surface area contributed by atoms with Gasteiger partial charge in [0, 0.05) is 137 Å². The number of anilines is 9. The fraction of sp³-hybridized carbons (Fsp3) is 0.248. The van der Waals surface area contributed by atoms with Gasteiger partial charge < -0.3 is 39.6 Å². The maximum atomic E-state index is 13.5. The molecule has 11 aromatic carbocycles. The van der Waals surface area contributed by atoms with Crippen molar-refractivity contribution in [3.8, 4) is 34.3 Å². The number of hydrogen-bond donors (Lipinski definition) is 9. The van der Waals surface area contributed by atoms with Crippen molar-refractivity contribution < 1.29 is 63.3 Å². The molecule has 2 fully saturated rings. The Hall–Kier alpha value is -15.0. The van der Waals surface area contributed by atoms with Gasteiger partial charge in [0.1, 0.15) is 47.9 Å². The van der Waals surface area contributed by atoms with Crippen LogP contribution in [0.5, 0.6) is 17.2 Å². The second kappa shape index (κ2) is 44.7. The van der Waals surface area contributed by atoms with Crippen LogP contribution in [0.25, 0.3) is 38.6 Å². The Morgan fingerprint density at radius 3 is 1.01 bits per heavy atom. The number of morpholine rings is 2. The van der Waals surface area contributed by atoms with Crippen LogP contribution < -0.4 is 60.3 Å². The molecule has 0 aliphatic carbocycles. The number of hydrogen-bond acceptors (Lipinski definition) is 20. The summed E-state index contributed by atoms with van der Waals surface area (Å²) in [6.07, 6.45) is 4.27. The van der Waals surface area contributed by atoms with Crippen LogP contribution in [-0.4, -0.2) is 173 Å². The molecule has 0 radical (unpaired) electrons. The number of sulfonamides is 3. The molecule has 2 saturated heterocycles. The summed E-state index contributed by atoms with van der Waals surface area (Å²) in [6.45, 7) is 28.2. The molecule has 9 N–H and O–H groups in total. The highest BCUT2D eigenvalue weighted by Crippen LogP contribution is 2.37. The summed E-state index contributed by atoms with van der Waals surface area (Å²) < 4.78 is 119. The number of carbonyl (C=O) groups is 3. The van der Waals surface area contributed by atoms with E-state index in [0.717, 1.165) is 134 Å². The van der Waals surface area contributed by atoms with Gasteiger partial charge in [-0.15, -0.1) is 0 Å². The number of fused-ring (bicyclic) bond motifs is 2. The zero-order chi connectivity index (χ0) is 98.6. The van der Waals surface area contributed by atoms with Crippen LogP contribution in [0.3, 0.4) is 0 Å². The number of ether oxygens (including phenoxy) is 5. The van der Waals surface area contributed by atoms with Gasteiger partial charge in [-0.05, 0) is 175 Å². The lowest BCUT2D eigenvalue weighted by atomic mass is 9.92. The Kier molecular flexibility index (Phi) is 31.7. The molecule has 17 rings (SSSR count). The first kappa shape index (κ1) is 99.5. The zero-order valence-electron chi connectivity index (χ0n) is 79.2. The van der Waals surface area contributed by atoms with E-state index in [9.17, 15) is 39.6 Å². The van der Waals surface area contributed by atoms with Crippen molar-refractivity contribution in [1.82, 2.24) is 44.1 Å². The number of nitrogens with zero attached hydrogens (tertiary/aromatic N) is 9. The number of amides is 6. The van der Waals surface area contributed by atoms with Gasteiger partial charge in [-0.1, -0.05) is 165 Å². The Morgan fingerprint density at radius 1 is 0.336 bits per heavy atom. The minimum atomic E-state index is -3.80. The lowest BCUT2D eigenvalue weighted by Crippen LogP contribution is -2.38. The van der Waals surface area contributed by atoms with Crippen molar-refractivity contribution in [2.45, 2.75) is 99.7 Å². The van der Waals surface area contributed by atoms with Crippen LogP contribution in [0.1, 0.15) is 85.0 Å². The number of nitrogens with one attached hydrogen (secondary N) is 9. The molecule has 140 heavy (non-hydrogen) atoms. The smallest absolute Gasteiger partial charge is 0.324 e. The molecule has 0 atom stereocenters. The van der Waals surface area contributed by atoms with Gasteiger partial charge in [-0.25, -0.2) is 53.7 Å². The van der Waals surface area contributed by atoms with Crippen molar-refractivity contribution >= 4 is 121 Å². The number of para-hydroxylation sites is 3. The van der Waals surface area contributed by atoms with E-state index < -0.39 is 48.2 Å². The lowest BCUT2D eigenvalue weighted by molar-refractivity contribution is 0.0322. The van der Waals surface area contributed by atoms with Gasteiger partial charge in [-0.2, -0.15) is 15.3 Å². The van der Waals surface area contributed by atoms with Gasteiger partial charge >= 0.3 is 18.1 Å². The molecule has 0 saturated carbocycles. The van der Waals surface area contributed by atoms with E-state index in [2.05, 4.69) is 60.9 Å². The van der Waals surface area contributed by atoms with Gasteiger partial charge in [0.25, 0.3) is 30.1 Å². The summed E-state index contributed by atoms with van der Waals surface area (Å²) in [7, 11) is -11.4. The van der Waals surface area contributed by atoms with Crippen LogP contribution in [0, 0.1) is 0 Å². The number of rotatable bonds is 30. The Morgan fingerprint density at radius 2 is 0.657 bits per heavy atom. The summed E-state index contributed by atoms with van der Waals surface area (Å²) in [5.41, 5.74) is 7.51. The summed E-state index contributed by atoms with van der Waals surface area (Å²) in [4.78, 5) is 48.9. The van der Waals surface area contributed by atoms with E-state index in [0.29, 0.717) is 88.5 Å². The van der Waals surface area contributed by atoms with Crippen LogP contribution in [-0.2, 0) is 62.2 Å². The molecule has 32 nitrogen and oxygen atoms in total. The third-order valence-corrected chi connectivity index (χ3v) is 26.9. The molecule has 6 amide bonds. The fourth-order valence-corrected chi connectivity index (χ4v) is 18.3. The highest BCUT2D eigenvalue weighted by molar-refractivity contribution is 7.93. The summed E-state index contributed by atoms with van der Waals surface area (Å²) in [5.74, 6) is 3.50. The molecule has 2 aliphatic heterocycles. The maximum Gasteiger partial charge on any atom is 0.324 e. The monoisotopic (exact) mass is 1950 g/mol. The summed E-state index contributed by atoms with van der Waals surface area (Å²) in [5, 5.41) is 35.3. The summed E-state index contributed by atoms with van der Waals surface area (Å²) >= 11 is 0. The molecule has 35 heteroatoms. The van der Waals surface area contributed by atoms with Gasteiger partial charge in [0.05, 0.1) is 93.2 Å². The van der Waals surface area contributed by atoms with Crippen LogP contribution >= 0.6 is 0 Å². The molecule has 6 heterocycles. The van der Waals surface area contributed by atoms with Crippen LogP contribution in [0.4, 0.5) is 66.0 Å². The second-order valence-corrected chi connectivity index (χ2v) is 41.3. The van der Waals surface area contributed by atoms with Crippen molar-refractivity contribution in [3.05, 3.63) is 326 Å². The van der Waals surface area contributed by atoms with E-state index in [-0.39, 0.29) is 30.9 Å². The third-order valence-electron chi connectivity index (χ3n) is 22.7. The Bertz CT molecular complexity index is 7120. The first-order chi connectivity index (χ1) is 67.2. The van der Waals surface area contributed by atoms with Gasteiger partial charge in [0.2, 0.25) is 0 Å². The first-order valence-electron chi connectivity index (χ1n) is 45.8. The molecule has 4 aromatic heterocycles. The summed E-state index contributed by atoms with van der Waals surface area (Å²) in [6, 6.07) is 83.3. The highest BCUT2D eigenvalue weighted by atomic mass is 32.2. The number of urea groups is 3. The SMILES string of the molecule is CC(C)(C)c1cc(NC(=O)Nc2ccc(OCCN3CCOCC3)c3ccccc23)n(-c2ccc(S(=O)(=O)Nc3ccccc3)cc2)n1.CC(C)(C)c1cc(NC(=O)Nc2ccc(OCCN3CCOCC3)cc2)n(-c2ccc(S(=O)(=O)Nc3ccccc3)cc2)n1.CC(C)(C)c1cc(NC(=O)Nc2ccc(OCCc3ccncc3)c3ccccc23)n(-c2ccc(S(=O)(=O)Nc3ccccc3)cc2)n1. The Labute approximate surface area is 815 Å². The lowest BCUT2D eigenvalue weighted by Gasteiger charge is -2.26. The molecule has 0 spiro atoms. The number of carbonyl (C=O) groups excluding carboxylic acids is 3. The van der Waals surface area contributed by atoms with Crippen molar-refractivity contribution in [2.24, 2.45) is 0 Å². The standard InChI is InChI=1S/C37H36N6O4S.C36H40N6O5S.C32H38N6O5S/c1-37(2,3)34-25-35(43(41-34)28-13-15-29(16-14-28)48(45,46)42-27-9-5-4-6-10-27)40-36(44)39-32-17-18-33(31-12-8-7-11-30(31)32)47-24-21-26-19-22-38-23-20-26;1-36(2,3)33-25-34(42(39-33)27-13-15-28(16-14-27)48(44,45)40-26-9-5-4-6-10-26)38-35(43)37-31-17-18-32(30-12-8-7-11-29(30)31)47-24-21-41-19-22-46-23-20-41;1-32(2,3)29-23-30(34-31(39)33-24-9-13-27(14-10-24)43-22-19-37-17-20-42-21-18-37)38(35-29)26-11-15-28(16-12-26)44(40,41)36-25-7-5-4-6-8-25/h4-20,22-23,25,42H,21,24H2,1-3H3,(H2,39,40,44);4-18,25,40H,19-24H2,1-3H3,(H2,37,38,43);4-16,23,36H,17-22H2,1-3H3,(H2,33,34,39). The van der Waals surface area contributed by atoms with E-state index in [1.165, 1.54) is 36.4 Å². The fourth-order valence-electron chi connectivity index (χ4n) is 15.1. The maximum absolute atomic E-state index is 13.5. The number of aromatic nitrogens is 7. The second-order valence-electron chi connectivity index (χ2n) is 36.3. The van der Waals surface area contributed by atoms with Crippen LogP contribution in [0.15, 0.2) is 318 Å². The molecule has 15 aromatic rings. The molecule has 2 aliphatic rings.